The maximum Gasteiger partial charge on any atom is 0.0233 e. The molecule has 1 aliphatic heterocycles. The first-order chi connectivity index (χ1) is 9.88. The summed E-state index contributed by atoms with van der Waals surface area (Å²) < 4.78 is 0. The third-order valence-corrected chi connectivity index (χ3v) is 4.67. The van der Waals surface area contributed by atoms with Crippen LogP contribution >= 0.6 is 0 Å². The van der Waals surface area contributed by atoms with E-state index < -0.39 is 0 Å². The van der Waals surface area contributed by atoms with Crippen LogP contribution in [0.1, 0.15) is 63.9 Å². The molecule has 112 valence electrons. The Kier molecular flexibility index (Phi) is 7.14. The molecular formula is C19H31N. The van der Waals surface area contributed by atoms with Crippen molar-refractivity contribution in [3.8, 4) is 0 Å². The highest BCUT2D eigenvalue weighted by atomic mass is 15.1. The third-order valence-electron chi connectivity index (χ3n) is 4.67. The number of nitrogens with zero attached hydrogens (tertiary/aromatic N) is 1. The van der Waals surface area contributed by atoms with Crippen molar-refractivity contribution in [2.45, 2.75) is 64.8 Å². The van der Waals surface area contributed by atoms with Gasteiger partial charge in [0.2, 0.25) is 0 Å². The fraction of sp³-hybridized carbons (Fsp3) is 0.684. The summed E-state index contributed by atoms with van der Waals surface area (Å²) in [6.45, 7) is 6.04. The number of likely N-dealkylation sites (tertiary alicyclic amines) is 1. The van der Waals surface area contributed by atoms with Crippen LogP contribution in [-0.4, -0.2) is 18.0 Å². The van der Waals surface area contributed by atoms with E-state index in [4.69, 9.17) is 0 Å². The fourth-order valence-corrected chi connectivity index (χ4v) is 3.31. The van der Waals surface area contributed by atoms with Crippen LogP contribution in [-0.2, 0) is 6.54 Å². The smallest absolute Gasteiger partial charge is 0.0233 e. The van der Waals surface area contributed by atoms with Crippen LogP contribution in [0.25, 0.3) is 0 Å². The number of piperidine rings is 1. The monoisotopic (exact) mass is 273 g/mol. The van der Waals surface area contributed by atoms with Crippen LogP contribution in [0.5, 0.6) is 0 Å². The summed E-state index contributed by atoms with van der Waals surface area (Å²) in [6, 6.07) is 10.9. The van der Waals surface area contributed by atoms with E-state index >= 15 is 0 Å². The second kappa shape index (κ2) is 9.18. The lowest BCUT2D eigenvalue weighted by Crippen LogP contribution is -2.33. The highest BCUT2D eigenvalue weighted by Gasteiger charge is 2.18. The second-order valence-corrected chi connectivity index (χ2v) is 6.41. The van der Waals surface area contributed by atoms with Gasteiger partial charge in [0.15, 0.2) is 0 Å². The Morgan fingerprint density at radius 1 is 0.950 bits per heavy atom. The summed E-state index contributed by atoms with van der Waals surface area (Å²) in [5.41, 5.74) is 1.46. The number of rotatable bonds is 8. The Morgan fingerprint density at radius 2 is 1.65 bits per heavy atom. The predicted molar refractivity (Wildman–Crippen MR) is 87.8 cm³/mol. The molecule has 1 aromatic rings. The van der Waals surface area contributed by atoms with E-state index in [2.05, 4.69) is 42.2 Å². The van der Waals surface area contributed by atoms with E-state index in [1.54, 1.807) is 0 Å². The van der Waals surface area contributed by atoms with Gasteiger partial charge in [-0.2, -0.15) is 0 Å². The molecule has 0 spiro atoms. The quantitative estimate of drug-likeness (QED) is 0.584. The largest absolute Gasteiger partial charge is 0.299 e. The molecule has 0 N–H and O–H groups in total. The first kappa shape index (κ1) is 15.6. The standard InChI is InChI=1S/C19H31N/c1-2-3-4-5-7-10-18-13-15-20(16-14-18)17-19-11-8-6-9-12-19/h6,8-9,11-12,18H,2-5,7,10,13-17H2,1H3. The lowest BCUT2D eigenvalue weighted by Gasteiger charge is -2.32. The predicted octanol–water partition coefficient (Wildman–Crippen LogP) is 5.26. The molecule has 2 rings (SSSR count). The molecule has 0 bridgehead atoms. The lowest BCUT2D eigenvalue weighted by molar-refractivity contribution is 0.170. The van der Waals surface area contributed by atoms with Gasteiger partial charge in [0.05, 0.1) is 0 Å². The molecule has 0 aliphatic carbocycles. The Bertz CT molecular complexity index is 338. The minimum Gasteiger partial charge on any atom is -0.299 e. The van der Waals surface area contributed by atoms with Crippen molar-refractivity contribution in [3.63, 3.8) is 0 Å². The number of hydrogen-bond donors (Lipinski definition) is 0. The second-order valence-electron chi connectivity index (χ2n) is 6.41. The van der Waals surface area contributed by atoms with Crippen molar-refractivity contribution >= 4 is 0 Å². The van der Waals surface area contributed by atoms with Gasteiger partial charge < -0.3 is 0 Å². The minimum absolute atomic E-state index is 1.00. The molecule has 0 radical (unpaired) electrons. The molecule has 1 aliphatic rings. The van der Waals surface area contributed by atoms with Crippen molar-refractivity contribution in [1.82, 2.24) is 4.90 Å². The summed E-state index contributed by atoms with van der Waals surface area (Å²) >= 11 is 0. The minimum atomic E-state index is 1.00. The molecule has 20 heavy (non-hydrogen) atoms. The van der Waals surface area contributed by atoms with E-state index in [1.165, 1.54) is 70.0 Å². The van der Waals surface area contributed by atoms with Gasteiger partial charge in [-0.1, -0.05) is 75.8 Å². The maximum atomic E-state index is 2.63. The van der Waals surface area contributed by atoms with Crippen molar-refractivity contribution in [1.29, 1.82) is 0 Å². The van der Waals surface area contributed by atoms with Crippen molar-refractivity contribution in [3.05, 3.63) is 35.9 Å². The van der Waals surface area contributed by atoms with Crippen LogP contribution in [0.4, 0.5) is 0 Å². The summed E-state index contributed by atoms with van der Waals surface area (Å²) in [7, 11) is 0. The number of benzene rings is 1. The van der Waals surface area contributed by atoms with E-state index in [0.29, 0.717) is 0 Å². The first-order valence-corrected chi connectivity index (χ1v) is 8.64. The topological polar surface area (TPSA) is 3.24 Å². The average Bonchev–Trinajstić information content (AvgIpc) is 2.50. The zero-order chi connectivity index (χ0) is 14.0. The zero-order valence-electron chi connectivity index (χ0n) is 13.2. The summed E-state index contributed by atoms with van der Waals surface area (Å²) in [5, 5.41) is 0. The van der Waals surface area contributed by atoms with Gasteiger partial charge in [-0.05, 0) is 37.4 Å². The summed E-state index contributed by atoms with van der Waals surface area (Å²) in [4.78, 5) is 2.63. The van der Waals surface area contributed by atoms with Crippen LogP contribution < -0.4 is 0 Å². The average molecular weight is 273 g/mol. The van der Waals surface area contributed by atoms with Gasteiger partial charge in [-0.25, -0.2) is 0 Å². The van der Waals surface area contributed by atoms with Crippen molar-refractivity contribution < 1.29 is 0 Å². The number of unbranched alkanes of at least 4 members (excludes halogenated alkanes) is 4. The van der Waals surface area contributed by atoms with Crippen LogP contribution in [0, 0.1) is 5.92 Å². The maximum absolute atomic E-state index is 2.63. The van der Waals surface area contributed by atoms with Gasteiger partial charge in [0, 0.05) is 6.54 Å². The molecule has 1 fully saturated rings. The Morgan fingerprint density at radius 3 is 2.35 bits per heavy atom. The Balaban J connectivity index is 1.58. The number of hydrogen-bond acceptors (Lipinski definition) is 1. The van der Waals surface area contributed by atoms with Crippen molar-refractivity contribution in [2.75, 3.05) is 13.1 Å². The van der Waals surface area contributed by atoms with Crippen LogP contribution in [0.2, 0.25) is 0 Å². The fourth-order valence-electron chi connectivity index (χ4n) is 3.31. The molecule has 0 aromatic heterocycles. The molecule has 0 saturated carbocycles. The van der Waals surface area contributed by atoms with Gasteiger partial charge in [0.1, 0.15) is 0 Å². The Hall–Kier alpha value is -0.820. The molecule has 1 heteroatoms. The normalized spacial score (nSPS) is 17.4. The molecular weight excluding hydrogens is 242 g/mol. The first-order valence-electron chi connectivity index (χ1n) is 8.64. The molecule has 0 atom stereocenters. The molecule has 1 nitrogen and oxygen atoms in total. The molecule has 1 heterocycles. The zero-order valence-corrected chi connectivity index (χ0v) is 13.2. The van der Waals surface area contributed by atoms with Crippen LogP contribution in [0.3, 0.4) is 0 Å². The molecule has 1 aromatic carbocycles. The molecule has 0 amide bonds. The van der Waals surface area contributed by atoms with E-state index in [0.717, 1.165) is 12.5 Å². The lowest BCUT2D eigenvalue weighted by atomic mass is 9.91. The van der Waals surface area contributed by atoms with E-state index in [9.17, 15) is 0 Å². The Labute approximate surface area is 125 Å². The highest BCUT2D eigenvalue weighted by molar-refractivity contribution is 5.14. The summed E-state index contributed by atoms with van der Waals surface area (Å²) in [6.07, 6.45) is 11.5. The van der Waals surface area contributed by atoms with Gasteiger partial charge in [0.25, 0.3) is 0 Å². The van der Waals surface area contributed by atoms with E-state index in [-0.39, 0.29) is 0 Å². The molecule has 0 unspecified atom stereocenters. The SMILES string of the molecule is CCCCCCCC1CCN(Cc2ccccc2)CC1. The summed E-state index contributed by atoms with van der Waals surface area (Å²) in [5.74, 6) is 1.00. The highest BCUT2D eigenvalue weighted by Crippen LogP contribution is 2.24. The van der Waals surface area contributed by atoms with Gasteiger partial charge >= 0.3 is 0 Å². The van der Waals surface area contributed by atoms with E-state index in [1.807, 2.05) is 0 Å². The van der Waals surface area contributed by atoms with Gasteiger partial charge in [-0.15, -0.1) is 0 Å². The molecule has 1 saturated heterocycles. The van der Waals surface area contributed by atoms with Crippen LogP contribution in [0.15, 0.2) is 30.3 Å². The van der Waals surface area contributed by atoms with Gasteiger partial charge in [-0.3, -0.25) is 4.90 Å². The third kappa shape index (κ3) is 5.66. The van der Waals surface area contributed by atoms with Crippen molar-refractivity contribution in [2.24, 2.45) is 5.92 Å².